The number of hydrogen-bond donors (Lipinski definition) is 2. The highest BCUT2D eigenvalue weighted by molar-refractivity contribution is 6.32. The number of aliphatic carboxylic acids is 1. The fourth-order valence-electron chi connectivity index (χ4n) is 8.14. The summed E-state index contributed by atoms with van der Waals surface area (Å²) >= 11 is 6.84. The minimum absolute atomic E-state index is 0.0135. The Morgan fingerprint density at radius 2 is 1.90 bits per heavy atom. The molecule has 1 saturated heterocycles. The van der Waals surface area contributed by atoms with E-state index in [4.69, 9.17) is 36.2 Å². The second-order valence-electron chi connectivity index (χ2n) is 14.4. The first-order valence-electron chi connectivity index (χ1n) is 17.3. The summed E-state index contributed by atoms with van der Waals surface area (Å²) in [6.07, 6.45) is 8.37. The van der Waals surface area contributed by atoms with Crippen LogP contribution in [-0.2, 0) is 30.0 Å². The van der Waals surface area contributed by atoms with Gasteiger partial charge in [-0.05, 0) is 92.1 Å². The van der Waals surface area contributed by atoms with Gasteiger partial charge in [0.15, 0.2) is 5.58 Å². The number of carbonyl (C=O) groups is 1. The Hall–Kier alpha value is -4.95. The number of nitrogens with two attached hydrogens (primary N) is 1. The lowest BCUT2D eigenvalue weighted by Crippen LogP contribution is -2.74. The third-order valence-corrected chi connectivity index (χ3v) is 11.1. The van der Waals surface area contributed by atoms with Crippen molar-refractivity contribution in [1.82, 2.24) is 14.9 Å². The van der Waals surface area contributed by atoms with Gasteiger partial charge in [0.25, 0.3) is 0 Å². The van der Waals surface area contributed by atoms with E-state index in [9.17, 15) is 15.2 Å². The van der Waals surface area contributed by atoms with Gasteiger partial charge < -0.3 is 24.7 Å². The van der Waals surface area contributed by atoms with Crippen molar-refractivity contribution in [2.45, 2.75) is 82.2 Å². The first-order valence-corrected chi connectivity index (χ1v) is 17.7. The maximum Gasteiger partial charge on any atom is 0.320 e. The number of fused-ring (bicyclic) bond motifs is 1. The van der Waals surface area contributed by atoms with Crippen LogP contribution in [0.3, 0.4) is 0 Å². The molecular formula is C40H38ClN5O5. The van der Waals surface area contributed by atoms with Gasteiger partial charge in [0, 0.05) is 41.7 Å². The number of nitriles is 1. The van der Waals surface area contributed by atoms with E-state index in [2.05, 4.69) is 36.2 Å². The molecular weight excluding hydrogens is 666 g/mol. The Labute approximate surface area is 300 Å². The van der Waals surface area contributed by atoms with Crippen molar-refractivity contribution in [3.8, 4) is 28.7 Å². The van der Waals surface area contributed by atoms with Gasteiger partial charge in [-0.15, -0.1) is 0 Å². The van der Waals surface area contributed by atoms with Crippen molar-refractivity contribution < 1.29 is 23.8 Å². The van der Waals surface area contributed by atoms with Crippen molar-refractivity contribution in [3.05, 3.63) is 106 Å². The number of hydrogen-bond acceptors (Lipinski definition) is 9. The quantitative estimate of drug-likeness (QED) is 0.142. The topological polar surface area (TPSA) is 148 Å². The molecule has 0 unspecified atom stereocenters. The fraction of sp³-hybridized carbons (Fsp3) is 0.350. The van der Waals surface area contributed by atoms with Crippen LogP contribution in [0.2, 0.25) is 5.02 Å². The molecule has 9 rings (SSSR count). The van der Waals surface area contributed by atoms with Gasteiger partial charge in [-0.3, -0.25) is 14.7 Å². The first-order chi connectivity index (χ1) is 24.6. The predicted octanol–water partition coefficient (Wildman–Crippen LogP) is 7.45. The van der Waals surface area contributed by atoms with E-state index in [1.807, 2.05) is 23.1 Å². The number of pyridine rings is 1. The minimum atomic E-state index is -0.833. The third-order valence-electron chi connectivity index (χ3n) is 10.8. The van der Waals surface area contributed by atoms with E-state index in [1.165, 1.54) is 6.20 Å². The number of likely N-dealkylation sites (tertiary alicyclic amines) is 1. The molecule has 5 aromatic rings. The van der Waals surface area contributed by atoms with Crippen molar-refractivity contribution >= 4 is 28.7 Å². The van der Waals surface area contributed by atoms with Crippen molar-refractivity contribution in [3.63, 3.8) is 0 Å². The zero-order chi connectivity index (χ0) is 35.3. The third kappa shape index (κ3) is 6.31. The molecule has 2 aromatic heterocycles. The van der Waals surface area contributed by atoms with E-state index in [0.29, 0.717) is 41.6 Å². The number of oxazole rings is 1. The molecule has 2 bridgehead atoms. The number of ether oxygens (including phenoxy) is 2. The summed E-state index contributed by atoms with van der Waals surface area (Å²) < 4.78 is 18.8. The Morgan fingerprint density at radius 3 is 2.69 bits per heavy atom. The van der Waals surface area contributed by atoms with Gasteiger partial charge in [-0.1, -0.05) is 42.3 Å². The van der Waals surface area contributed by atoms with Crippen LogP contribution in [0, 0.1) is 18.3 Å². The smallest absolute Gasteiger partial charge is 0.320 e. The minimum Gasteiger partial charge on any atom is -0.488 e. The molecule has 0 amide bonds. The Kier molecular flexibility index (Phi) is 8.45. The van der Waals surface area contributed by atoms with Crippen LogP contribution in [0.5, 0.6) is 11.5 Å². The van der Waals surface area contributed by atoms with Gasteiger partial charge in [-0.2, -0.15) is 5.26 Å². The number of rotatable bonds is 11. The molecule has 3 saturated carbocycles. The Bertz CT molecular complexity index is 2190. The summed E-state index contributed by atoms with van der Waals surface area (Å²) in [4.78, 5) is 23.0. The van der Waals surface area contributed by atoms with E-state index >= 15 is 0 Å². The van der Waals surface area contributed by atoms with Gasteiger partial charge in [0.2, 0.25) is 5.89 Å². The normalized spacial score (nSPS) is 22.5. The summed E-state index contributed by atoms with van der Waals surface area (Å²) in [6.45, 7) is 3.52. The van der Waals surface area contributed by atoms with Crippen LogP contribution >= 0.6 is 11.6 Å². The average Bonchev–Trinajstić information content (AvgIpc) is 3.53. The van der Waals surface area contributed by atoms with Gasteiger partial charge in [-0.25, -0.2) is 4.98 Å². The molecule has 1 aliphatic heterocycles. The zero-order valence-electron chi connectivity index (χ0n) is 28.3. The van der Waals surface area contributed by atoms with Gasteiger partial charge in [0.05, 0.1) is 16.0 Å². The number of carboxylic acids is 1. The lowest BCUT2D eigenvalue weighted by Gasteiger charge is -2.67. The molecule has 11 heteroatoms. The molecule has 3 N–H and O–H groups in total. The molecule has 3 aromatic carbocycles. The van der Waals surface area contributed by atoms with Gasteiger partial charge in [0.1, 0.15) is 42.3 Å². The van der Waals surface area contributed by atoms with Crippen LogP contribution in [0.25, 0.3) is 22.2 Å². The SMILES string of the molecule is Cc1c(COc2cc(OCc3cncc(C#N)c3)c(CN3CCCC[C@H]3C(=O)O)cc2Cl)cccc1-c1ccc2oc(C34CC(N)(C3)C4)nc2c1. The largest absolute Gasteiger partial charge is 0.488 e. The van der Waals surface area contributed by atoms with E-state index in [-0.39, 0.29) is 24.2 Å². The van der Waals surface area contributed by atoms with Crippen LogP contribution in [-0.4, -0.2) is 44.1 Å². The monoisotopic (exact) mass is 703 g/mol. The molecule has 3 heterocycles. The van der Waals surface area contributed by atoms with E-state index < -0.39 is 12.0 Å². The number of halogens is 1. The number of piperidine rings is 1. The van der Waals surface area contributed by atoms with E-state index in [0.717, 1.165) is 82.5 Å². The highest BCUT2D eigenvalue weighted by Gasteiger charge is 2.69. The van der Waals surface area contributed by atoms with Crippen molar-refractivity contribution in [2.24, 2.45) is 5.73 Å². The van der Waals surface area contributed by atoms with Crippen molar-refractivity contribution in [1.29, 1.82) is 5.26 Å². The number of carboxylic acid groups (broad SMARTS) is 1. The molecule has 260 valence electrons. The summed E-state index contributed by atoms with van der Waals surface area (Å²) in [6, 6.07) is 19.1. The molecule has 0 spiro atoms. The predicted molar refractivity (Wildman–Crippen MR) is 191 cm³/mol. The van der Waals surface area contributed by atoms with Crippen molar-refractivity contribution in [2.75, 3.05) is 6.54 Å². The second-order valence-corrected chi connectivity index (χ2v) is 14.9. The molecule has 4 aliphatic rings. The molecule has 3 aliphatic carbocycles. The highest BCUT2D eigenvalue weighted by atomic mass is 35.5. The summed E-state index contributed by atoms with van der Waals surface area (Å²) in [5.41, 5.74) is 14.0. The summed E-state index contributed by atoms with van der Waals surface area (Å²) in [5, 5.41) is 19.6. The van der Waals surface area contributed by atoms with Crippen LogP contribution < -0.4 is 15.2 Å². The highest BCUT2D eigenvalue weighted by Crippen LogP contribution is 2.66. The number of benzene rings is 3. The van der Waals surface area contributed by atoms with Crippen LogP contribution in [0.15, 0.2) is 71.4 Å². The summed E-state index contributed by atoms with van der Waals surface area (Å²) in [7, 11) is 0. The lowest BCUT2D eigenvalue weighted by atomic mass is 9.40. The van der Waals surface area contributed by atoms with E-state index in [1.54, 1.807) is 24.4 Å². The second kappa shape index (κ2) is 13.0. The maximum absolute atomic E-state index is 12.1. The molecule has 10 nitrogen and oxygen atoms in total. The van der Waals surface area contributed by atoms with Gasteiger partial charge >= 0.3 is 5.97 Å². The zero-order valence-corrected chi connectivity index (χ0v) is 29.1. The Balaban J connectivity index is 1.03. The average molecular weight is 704 g/mol. The lowest BCUT2D eigenvalue weighted by molar-refractivity contribution is -0.144. The number of nitrogens with zero attached hydrogens (tertiary/aromatic N) is 4. The number of aromatic nitrogens is 2. The molecule has 0 radical (unpaired) electrons. The fourth-order valence-corrected chi connectivity index (χ4v) is 8.38. The molecule has 4 fully saturated rings. The van der Waals surface area contributed by atoms with Crippen LogP contribution in [0.4, 0.5) is 0 Å². The Morgan fingerprint density at radius 1 is 1.08 bits per heavy atom. The molecule has 1 atom stereocenters. The molecule has 51 heavy (non-hydrogen) atoms. The summed E-state index contributed by atoms with van der Waals surface area (Å²) in [5.74, 6) is 0.942. The maximum atomic E-state index is 12.1. The standard InChI is InChI=1S/C40H38ClN5O5/c1-24-28(5-4-6-30(24)27-8-9-34-32(13-27)45-38(51-34)39-21-40(43,22-39)23-39)20-50-36-14-35(49-19-26-11-25(15-42)16-44-17-26)29(12-31(36)41)18-46-10-3-2-7-33(46)37(47)48/h4-6,8-9,11-14,16-17,33H,2-3,7,10,18-23,43H2,1H3,(H,47,48)/t33-,39?,40?/m0/s1. The van der Waals surface area contributed by atoms with Crippen LogP contribution in [0.1, 0.15) is 72.2 Å². The first kappa shape index (κ1) is 33.2.